The van der Waals surface area contributed by atoms with Gasteiger partial charge in [0, 0.05) is 22.0 Å². The first-order valence-corrected chi connectivity index (χ1v) is 14.5. The minimum Gasteiger partial charge on any atom is -0.456 e. The molecule has 6 rings (SSSR count). The van der Waals surface area contributed by atoms with Gasteiger partial charge < -0.3 is 8.98 Å². The zero-order valence-corrected chi connectivity index (χ0v) is 23.2. The van der Waals surface area contributed by atoms with Crippen LogP contribution in [0.5, 0.6) is 0 Å². The molecule has 0 amide bonds. The van der Waals surface area contributed by atoms with Gasteiger partial charge in [-0.25, -0.2) is 8.42 Å². The van der Waals surface area contributed by atoms with Crippen LogP contribution in [0.2, 0.25) is 0 Å². The number of para-hydroxylation sites is 1. The Balaban J connectivity index is 1.65. The summed E-state index contributed by atoms with van der Waals surface area (Å²) in [6.45, 7) is 8.16. The summed E-state index contributed by atoms with van der Waals surface area (Å²) in [4.78, 5) is 0.204. The first kappa shape index (κ1) is 25.0. The highest BCUT2D eigenvalue weighted by molar-refractivity contribution is 7.92. The lowest BCUT2D eigenvalue weighted by Crippen LogP contribution is -2.18. The van der Waals surface area contributed by atoms with Crippen molar-refractivity contribution in [2.24, 2.45) is 0 Å². The van der Waals surface area contributed by atoms with Crippen molar-refractivity contribution in [3.63, 3.8) is 0 Å². The predicted molar refractivity (Wildman–Crippen MR) is 158 cm³/mol. The molecule has 2 heterocycles. The molecule has 1 atom stereocenters. The van der Waals surface area contributed by atoms with Gasteiger partial charge in [0.2, 0.25) is 0 Å². The average Bonchev–Trinajstić information content (AvgIpc) is 3.39. The van der Waals surface area contributed by atoms with Gasteiger partial charge in [-0.05, 0) is 74.7 Å². The fourth-order valence-corrected chi connectivity index (χ4v) is 6.47. The second-order valence-corrected chi connectivity index (χ2v) is 11.9. The fourth-order valence-electron chi connectivity index (χ4n) is 5.37. The van der Waals surface area contributed by atoms with E-state index in [2.05, 4.69) is 47.4 Å². The van der Waals surface area contributed by atoms with E-state index in [1.165, 1.54) is 5.56 Å². The lowest BCUT2D eigenvalue weighted by atomic mass is 10.0. The van der Waals surface area contributed by atoms with Gasteiger partial charge in [0.25, 0.3) is 10.0 Å². The molecule has 0 aliphatic carbocycles. The lowest BCUT2D eigenvalue weighted by Gasteiger charge is -2.23. The van der Waals surface area contributed by atoms with Gasteiger partial charge in [-0.2, -0.15) is 0 Å². The van der Waals surface area contributed by atoms with E-state index in [1.54, 1.807) is 24.3 Å². The van der Waals surface area contributed by atoms with Crippen molar-refractivity contribution in [3.05, 3.63) is 131 Å². The monoisotopic (exact) mass is 534 g/mol. The Kier molecular flexibility index (Phi) is 6.07. The molecule has 0 saturated carbocycles. The highest BCUT2D eigenvalue weighted by Gasteiger charge is 2.31. The van der Waals surface area contributed by atoms with Crippen molar-refractivity contribution in [2.45, 2.75) is 38.6 Å². The van der Waals surface area contributed by atoms with Crippen molar-refractivity contribution in [3.8, 4) is 0 Å². The normalized spacial score (nSPS) is 12.7. The summed E-state index contributed by atoms with van der Waals surface area (Å²) in [5.74, 6) is 0.543. The van der Waals surface area contributed by atoms with Crippen LogP contribution in [0, 0.1) is 27.7 Å². The van der Waals surface area contributed by atoms with Gasteiger partial charge in [-0.3, -0.25) is 4.72 Å². The quantitative estimate of drug-likeness (QED) is 0.235. The minimum atomic E-state index is -3.89. The van der Waals surface area contributed by atoms with E-state index in [0.29, 0.717) is 17.0 Å². The number of nitrogens with one attached hydrogen (secondary N) is 1. The molecule has 4 aromatic carbocycles. The third kappa shape index (κ3) is 4.31. The highest BCUT2D eigenvalue weighted by atomic mass is 32.2. The van der Waals surface area contributed by atoms with Crippen molar-refractivity contribution < 1.29 is 12.8 Å². The number of aromatic nitrogens is 1. The molecule has 6 heteroatoms. The molecule has 0 fully saturated rings. The highest BCUT2D eigenvalue weighted by Crippen LogP contribution is 2.43. The van der Waals surface area contributed by atoms with Gasteiger partial charge in [0.1, 0.15) is 17.3 Å². The zero-order chi connectivity index (χ0) is 27.3. The second-order valence-electron chi connectivity index (χ2n) is 10.2. The van der Waals surface area contributed by atoms with E-state index in [-0.39, 0.29) is 4.90 Å². The molecular formula is C33H30N2O3S. The van der Waals surface area contributed by atoms with Crippen LogP contribution >= 0.6 is 0 Å². The largest absolute Gasteiger partial charge is 0.456 e. The van der Waals surface area contributed by atoms with E-state index >= 15 is 0 Å². The summed E-state index contributed by atoms with van der Waals surface area (Å²) in [6.07, 6.45) is 0. The number of nitrogens with zero attached hydrogens (tertiary/aromatic N) is 1. The summed E-state index contributed by atoms with van der Waals surface area (Å²) in [5.41, 5.74) is 7.44. The van der Waals surface area contributed by atoms with Gasteiger partial charge >= 0.3 is 0 Å². The first-order chi connectivity index (χ1) is 18.7. The average molecular weight is 535 g/mol. The number of benzene rings is 4. The Labute approximate surface area is 228 Å². The summed E-state index contributed by atoms with van der Waals surface area (Å²) in [5, 5.41) is 1.88. The molecule has 2 aromatic heterocycles. The van der Waals surface area contributed by atoms with E-state index in [0.717, 1.165) is 38.7 Å². The van der Waals surface area contributed by atoms with Crippen molar-refractivity contribution in [2.75, 3.05) is 4.72 Å². The van der Waals surface area contributed by atoms with Crippen LogP contribution in [0.15, 0.2) is 106 Å². The van der Waals surface area contributed by atoms with Crippen LogP contribution in [0.4, 0.5) is 5.69 Å². The van der Waals surface area contributed by atoms with Gasteiger partial charge in [0.15, 0.2) is 5.76 Å². The Hall–Kier alpha value is -4.29. The summed E-state index contributed by atoms with van der Waals surface area (Å²) in [6, 6.07) is 30.7. The van der Waals surface area contributed by atoms with Crippen LogP contribution in [0.25, 0.3) is 21.9 Å². The van der Waals surface area contributed by atoms with Gasteiger partial charge in [0.05, 0.1) is 4.90 Å². The van der Waals surface area contributed by atoms with Crippen LogP contribution in [-0.4, -0.2) is 13.0 Å². The molecule has 0 radical (unpaired) electrons. The van der Waals surface area contributed by atoms with E-state index < -0.39 is 16.1 Å². The smallest absolute Gasteiger partial charge is 0.262 e. The molecule has 0 saturated heterocycles. The number of fused-ring (bicyclic) bond motifs is 2. The molecule has 0 aliphatic heterocycles. The number of sulfonamides is 1. The van der Waals surface area contributed by atoms with Crippen molar-refractivity contribution in [1.82, 2.24) is 4.57 Å². The Morgan fingerprint density at radius 3 is 2.15 bits per heavy atom. The molecule has 5 nitrogen and oxygen atoms in total. The van der Waals surface area contributed by atoms with Crippen LogP contribution < -0.4 is 4.72 Å². The molecule has 196 valence electrons. The predicted octanol–water partition coefficient (Wildman–Crippen LogP) is 8.06. The number of rotatable bonds is 6. The molecule has 1 N–H and O–H groups in total. The van der Waals surface area contributed by atoms with E-state index in [1.807, 2.05) is 62.4 Å². The molecule has 6 aromatic rings. The molecule has 0 bridgehead atoms. The third-order valence-corrected chi connectivity index (χ3v) is 8.90. The number of anilines is 1. The molecule has 1 unspecified atom stereocenters. The maximum atomic E-state index is 13.7. The second kappa shape index (κ2) is 9.47. The van der Waals surface area contributed by atoms with E-state index in [9.17, 15) is 8.42 Å². The standard InChI is InChI=1S/C33H30N2O3S/c1-21-14-17-26(18-15-21)39(36,37)34-31-28-19-16-22(2)20-30(28)38-33(31)32(25-10-6-5-7-11-25)35-24(4)23(3)27-12-8-9-13-29(27)35/h5-20,32,34H,1-4H3. The Bertz CT molecular complexity index is 1930. The number of aryl methyl sites for hydroxylation is 3. The maximum absolute atomic E-state index is 13.7. The summed E-state index contributed by atoms with van der Waals surface area (Å²) >= 11 is 0. The number of hydrogen-bond donors (Lipinski definition) is 1. The number of hydrogen-bond acceptors (Lipinski definition) is 3. The van der Waals surface area contributed by atoms with Crippen LogP contribution in [-0.2, 0) is 10.0 Å². The van der Waals surface area contributed by atoms with Gasteiger partial charge in [-0.1, -0.05) is 72.3 Å². The molecule has 0 spiro atoms. The third-order valence-electron chi connectivity index (χ3n) is 7.53. The van der Waals surface area contributed by atoms with Crippen molar-refractivity contribution in [1.29, 1.82) is 0 Å². The first-order valence-electron chi connectivity index (χ1n) is 13.0. The minimum absolute atomic E-state index is 0.204. The Morgan fingerprint density at radius 1 is 0.744 bits per heavy atom. The number of furan rings is 1. The lowest BCUT2D eigenvalue weighted by molar-refractivity contribution is 0.492. The molecular weight excluding hydrogens is 504 g/mol. The maximum Gasteiger partial charge on any atom is 0.262 e. The van der Waals surface area contributed by atoms with Gasteiger partial charge in [-0.15, -0.1) is 0 Å². The van der Waals surface area contributed by atoms with Crippen LogP contribution in [0.1, 0.15) is 39.7 Å². The van der Waals surface area contributed by atoms with Crippen molar-refractivity contribution >= 4 is 37.6 Å². The molecule has 0 aliphatic rings. The summed E-state index contributed by atoms with van der Waals surface area (Å²) < 4.78 is 39.2. The Morgan fingerprint density at radius 2 is 1.41 bits per heavy atom. The topological polar surface area (TPSA) is 64.2 Å². The SMILES string of the molecule is Cc1ccc(S(=O)(=O)Nc2c(C(c3ccccc3)n3c(C)c(C)c4ccccc43)oc3cc(C)ccc23)cc1. The van der Waals surface area contributed by atoms with Crippen LogP contribution in [0.3, 0.4) is 0 Å². The van der Waals surface area contributed by atoms with E-state index in [4.69, 9.17) is 4.42 Å². The molecule has 39 heavy (non-hydrogen) atoms. The fraction of sp³-hybridized carbons (Fsp3) is 0.152. The summed E-state index contributed by atoms with van der Waals surface area (Å²) in [7, 11) is -3.89. The zero-order valence-electron chi connectivity index (χ0n) is 22.4.